The van der Waals surface area contributed by atoms with Gasteiger partial charge in [0.25, 0.3) is 0 Å². The first-order chi connectivity index (χ1) is 14.9. The summed E-state index contributed by atoms with van der Waals surface area (Å²) in [5.74, 6) is 0.131. The van der Waals surface area contributed by atoms with Crippen LogP contribution in [0, 0.1) is 6.92 Å². The van der Waals surface area contributed by atoms with Crippen molar-refractivity contribution in [1.82, 2.24) is 10.2 Å². The van der Waals surface area contributed by atoms with Crippen LogP contribution in [0.25, 0.3) is 0 Å². The second kappa shape index (κ2) is 9.25. The number of rotatable bonds is 6. The minimum atomic E-state index is -0.124. The van der Waals surface area contributed by atoms with Crippen LogP contribution in [0.2, 0.25) is 5.02 Å². The van der Waals surface area contributed by atoms with Crippen LogP contribution in [0.3, 0.4) is 0 Å². The van der Waals surface area contributed by atoms with E-state index < -0.39 is 0 Å². The Bertz CT molecular complexity index is 1150. The van der Waals surface area contributed by atoms with Crippen molar-refractivity contribution in [1.29, 1.82) is 0 Å². The van der Waals surface area contributed by atoms with Gasteiger partial charge in [-0.3, -0.25) is 9.59 Å². The SMILES string of the molecule is CC(=O)N1CCc2cc(NC(=O)CSc3nnc(Nc4ccc(C)c(Cl)c4)s3)ccc21. The molecule has 0 atom stereocenters. The number of carbonyl (C=O) groups is 2. The molecule has 10 heteroatoms. The lowest BCUT2D eigenvalue weighted by atomic mass is 10.1. The third-order valence-corrected chi connectivity index (χ3v) is 7.17. The maximum atomic E-state index is 12.4. The van der Waals surface area contributed by atoms with Crippen LogP contribution < -0.4 is 15.5 Å². The monoisotopic (exact) mass is 473 g/mol. The molecule has 2 aromatic carbocycles. The van der Waals surface area contributed by atoms with E-state index in [9.17, 15) is 9.59 Å². The van der Waals surface area contributed by atoms with Gasteiger partial charge in [0.2, 0.25) is 16.9 Å². The number of hydrogen-bond acceptors (Lipinski definition) is 7. The van der Waals surface area contributed by atoms with Crippen LogP contribution in [0.15, 0.2) is 40.7 Å². The molecule has 7 nitrogen and oxygen atoms in total. The lowest BCUT2D eigenvalue weighted by Crippen LogP contribution is -2.25. The number of nitrogens with zero attached hydrogens (tertiary/aromatic N) is 3. The molecule has 0 saturated heterocycles. The maximum absolute atomic E-state index is 12.4. The molecule has 1 aromatic heterocycles. The second-order valence-corrected chi connectivity index (χ2v) is 9.67. The third-order valence-electron chi connectivity index (χ3n) is 4.80. The Labute approximate surface area is 193 Å². The lowest BCUT2D eigenvalue weighted by molar-refractivity contribution is -0.116. The number of carbonyl (C=O) groups excluding carboxylic acids is 2. The van der Waals surface area contributed by atoms with E-state index in [4.69, 9.17) is 11.6 Å². The summed E-state index contributed by atoms with van der Waals surface area (Å²) in [7, 11) is 0. The molecule has 0 bridgehead atoms. The van der Waals surface area contributed by atoms with Crippen LogP contribution in [-0.2, 0) is 16.0 Å². The molecular formula is C21H20ClN5O2S2. The Morgan fingerprint density at radius 3 is 2.77 bits per heavy atom. The molecule has 2 heterocycles. The predicted octanol–water partition coefficient (Wildman–Crippen LogP) is 4.88. The van der Waals surface area contributed by atoms with Crippen LogP contribution >= 0.6 is 34.7 Å². The highest BCUT2D eigenvalue weighted by molar-refractivity contribution is 8.01. The zero-order valence-electron chi connectivity index (χ0n) is 16.9. The Hall–Kier alpha value is -2.62. The molecule has 0 spiro atoms. The second-order valence-electron chi connectivity index (χ2n) is 7.06. The fraction of sp³-hybridized carbons (Fsp3) is 0.238. The standard InChI is InChI=1S/C21H20ClN5O2S2/c1-12-3-4-16(10-17(12)22)24-20-25-26-21(31-20)30-11-19(29)23-15-5-6-18-14(9-15)7-8-27(18)13(2)28/h3-6,9-10H,7-8,11H2,1-2H3,(H,23,29)(H,24,25). The van der Waals surface area contributed by atoms with Crippen molar-refractivity contribution in [3.05, 3.63) is 52.5 Å². The van der Waals surface area contributed by atoms with Crippen LogP contribution in [0.4, 0.5) is 22.2 Å². The summed E-state index contributed by atoms with van der Waals surface area (Å²) in [4.78, 5) is 25.8. The molecule has 0 aliphatic carbocycles. The van der Waals surface area contributed by atoms with Crippen molar-refractivity contribution >= 4 is 68.7 Å². The topological polar surface area (TPSA) is 87.2 Å². The number of nitrogens with one attached hydrogen (secondary N) is 2. The first-order valence-electron chi connectivity index (χ1n) is 9.59. The number of hydrogen-bond donors (Lipinski definition) is 2. The quantitative estimate of drug-likeness (QED) is 0.496. The summed E-state index contributed by atoms with van der Waals surface area (Å²) in [6, 6.07) is 11.3. The van der Waals surface area contributed by atoms with Gasteiger partial charge in [-0.05, 0) is 54.8 Å². The third kappa shape index (κ3) is 5.17. The zero-order valence-corrected chi connectivity index (χ0v) is 19.3. The highest BCUT2D eigenvalue weighted by Gasteiger charge is 2.22. The lowest BCUT2D eigenvalue weighted by Gasteiger charge is -2.15. The molecule has 0 saturated carbocycles. The minimum Gasteiger partial charge on any atom is -0.330 e. The van der Waals surface area contributed by atoms with Gasteiger partial charge < -0.3 is 15.5 Å². The van der Waals surface area contributed by atoms with Crippen molar-refractivity contribution in [2.45, 2.75) is 24.6 Å². The van der Waals surface area contributed by atoms with E-state index in [-0.39, 0.29) is 17.6 Å². The first kappa shape index (κ1) is 21.6. The highest BCUT2D eigenvalue weighted by atomic mass is 35.5. The van der Waals surface area contributed by atoms with Gasteiger partial charge in [-0.1, -0.05) is 40.8 Å². The normalized spacial score (nSPS) is 12.5. The number of aromatic nitrogens is 2. The number of anilines is 4. The van der Waals surface area contributed by atoms with Crippen LogP contribution in [0.1, 0.15) is 18.1 Å². The number of benzene rings is 2. The molecule has 0 radical (unpaired) electrons. The molecule has 3 aromatic rings. The molecule has 4 rings (SSSR count). The van der Waals surface area contributed by atoms with Gasteiger partial charge in [0, 0.05) is 35.6 Å². The van der Waals surface area contributed by atoms with Crippen LogP contribution in [0.5, 0.6) is 0 Å². The minimum absolute atomic E-state index is 0.0309. The van der Waals surface area contributed by atoms with Crippen molar-refractivity contribution < 1.29 is 9.59 Å². The molecule has 160 valence electrons. The van der Waals surface area contributed by atoms with E-state index in [2.05, 4.69) is 20.8 Å². The molecule has 0 fully saturated rings. The average molecular weight is 474 g/mol. The first-order valence-corrected chi connectivity index (χ1v) is 11.8. The van der Waals surface area contributed by atoms with E-state index in [1.165, 1.54) is 23.1 Å². The highest BCUT2D eigenvalue weighted by Crippen LogP contribution is 2.31. The summed E-state index contributed by atoms with van der Waals surface area (Å²) in [6.07, 6.45) is 0.792. The van der Waals surface area contributed by atoms with Crippen molar-refractivity contribution in [3.8, 4) is 0 Å². The summed E-state index contributed by atoms with van der Waals surface area (Å²) < 4.78 is 0.696. The predicted molar refractivity (Wildman–Crippen MR) is 127 cm³/mol. The van der Waals surface area contributed by atoms with Crippen molar-refractivity contribution in [2.24, 2.45) is 0 Å². The average Bonchev–Trinajstić information content (AvgIpc) is 3.35. The maximum Gasteiger partial charge on any atom is 0.234 e. The summed E-state index contributed by atoms with van der Waals surface area (Å²) in [6.45, 7) is 4.19. The summed E-state index contributed by atoms with van der Waals surface area (Å²) >= 11 is 8.85. The Kier molecular flexibility index (Phi) is 6.45. The number of amides is 2. The van der Waals surface area contributed by atoms with Crippen molar-refractivity contribution in [2.75, 3.05) is 27.8 Å². The number of thioether (sulfide) groups is 1. The van der Waals surface area contributed by atoms with Gasteiger partial charge in [-0.2, -0.15) is 0 Å². The van der Waals surface area contributed by atoms with Gasteiger partial charge in [0.05, 0.1) is 5.75 Å². The molecule has 31 heavy (non-hydrogen) atoms. The van der Waals surface area contributed by atoms with Gasteiger partial charge in [0.15, 0.2) is 4.34 Å². The Balaban J connectivity index is 1.30. The molecular weight excluding hydrogens is 454 g/mol. The molecule has 1 aliphatic heterocycles. The molecule has 2 N–H and O–H groups in total. The molecule has 1 aliphatic rings. The fourth-order valence-corrected chi connectivity index (χ4v) is 5.00. The Morgan fingerprint density at radius 1 is 1.19 bits per heavy atom. The van der Waals surface area contributed by atoms with E-state index in [1.807, 2.05) is 43.3 Å². The van der Waals surface area contributed by atoms with Gasteiger partial charge >= 0.3 is 0 Å². The smallest absolute Gasteiger partial charge is 0.234 e. The summed E-state index contributed by atoms with van der Waals surface area (Å²) in [5, 5.41) is 15.6. The number of aryl methyl sites for hydroxylation is 1. The fourth-order valence-electron chi connectivity index (χ4n) is 3.24. The van der Waals surface area contributed by atoms with Crippen LogP contribution in [-0.4, -0.2) is 34.3 Å². The van der Waals surface area contributed by atoms with E-state index >= 15 is 0 Å². The van der Waals surface area contributed by atoms with Gasteiger partial charge in [0.1, 0.15) is 0 Å². The van der Waals surface area contributed by atoms with Crippen molar-refractivity contribution in [3.63, 3.8) is 0 Å². The van der Waals surface area contributed by atoms with E-state index in [0.717, 1.165) is 34.6 Å². The van der Waals surface area contributed by atoms with E-state index in [1.54, 1.807) is 11.8 Å². The molecule has 2 amide bonds. The van der Waals surface area contributed by atoms with Gasteiger partial charge in [-0.25, -0.2) is 0 Å². The number of halogens is 1. The molecule has 0 unspecified atom stereocenters. The largest absolute Gasteiger partial charge is 0.330 e. The Morgan fingerprint density at radius 2 is 2.00 bits per heavy atom. The summed E-state index contributed by atoms with van der Waals surface area (Å²) in [5.41, 5.74) is 4.55. The van der Waals surface area contributed by atoms with Gasteiger partial charge in [-0.15, -0.1) is 10.2 Å². The van der Waals surface area contributed by atoms with E-state index in [0.29, 0.717) is 21.0 Å². The number of fused-ring (bicyclic) bond motifs is 1. The zero-order chi connectivity index (χ0) is 22.0.